The molecule has 3 aromatic rings. The summed E-state index contributed by atoms with van der Waals surface area (Å²) >= 11 is 0. The first-order valence-electron chi connectivity index (χ1n) is 12.7. The summed E-state index contributed by atoms with van der Waals surface area (Å²) in [6.07, 6.45) is 3.30. The van der Waals surface area contributed by atoms with Crippen LogP contribution in [0.2, 0.25) is 0 Å². The van der Waals surface area contributed by atoms with Gasteiger partial charge in [0.15, 0.2) is 17.6 Å². The number of aromatic hydroxyl groups is 1. The van der Waals surface area contributed by atoms with Crippen LogP contribution in [0.3, 0.4) is 0 Å². The van der Waals surface area contributed by atoms with Crippen LogP contribution in [0.1, 0.15) is 60.4 Å². The Balaban J connectivity index is 1.52. The standard InChI is InChI=1S/C28H31N3O4/c1-15-5-4-6-21-29-26(33)16(2)23(31(15)21)25-28-11-12-30(14-17-7-8-17)20(27(28,3)34)13-18-9-10-19(32)24(35-25)22(18)28/h4-6,9-10,17,20,25,32,34H,7-8,11-14H2,1-3H3/t20-,25+,27-,28+/m1/s1. The molecular weight excluding hydrogens is 442 g/mol. The summed E-state index contributed by atoms with van der Waals surface area (Å²) in [7, 11) is 0. The number of phenolic OH excluding ortho intramolecular Hbond substituents is 1. The lowest BCUT2D eigenvalue weighted by molar-refractivity contribution is -0.156. The number of hydrogen-bond acceptors (Lipinski definition) is 6. The molecule has 2 fully saturated rings. The van der Waals surface area contributed by atoms with Crippen molar-refractivity contribution >= 4 is 5.65 Å². The second-order valence-corrected chi connectivity index (χ2v) is 11.3. The molecule has 2 bridgehead atoms. The van der Waals surface area contributed by atoms with Gasteiger partial charge in [-0.3, -0.25) is 14.1 Å². The van der Waals surface area contributed by atoms with Crippen molar-refractivity contribution in [2.24, 2.45) is 5.92 Å². The molecule has 1 aromatic carbocycles. The number of likely N-dealkylation sites (tertiary alicyclic amines) is 1. The molecular formula is C28H31N3O4. The van der Waals surface area contributed by atoms with Crippen LogP contribution >= 0.6 is 0 Å². The van der Waals surface area contributed by atoms with Crippen LogP contribution < -0.4 is 10.3 Å². The van der Waals surface area contributed by atoms with Gasteiger partial charge in [0, 0.05) is 29.4 Å². The van der Waals surface area contributed by atoms with Crippen LogP contribution in [0.5, 0.6) is 11.5 Å². The predicted molar refractivity (Wildman–Crippen MR) is 131 cm³/mol. The van der Waals surface area contributed by atoms with Gasteiger partial charge in [0.05, 0.1) is 16.7 Å². The smallest absolute Gasteiger partial charge is 0.276 e. The molecule has 7 heteroatoms. The van der Waals surface area contributed by atoms with E-state index in [1.165, 1.54) is 12.8 Å². The van der Waals surface area contributed by atoms with Crippen molar-refractivity contribution in [3.8, 4) is 11.5 Å². The monoisotopic (exact) mass is 473 g/mol. The molecule has 2 N–H and O–H groups in total. The van der Waals surface area contributed by atoms with E-state index in [2.05, 4.69) is 9.88 Å². The van der Waals surface area contributed by atoms with E-state index in [9.17, 15) is 15.0 Å². The molecule has 7 rings (SSSR count). The molecule has 2 aromatic heterocycles. The van der Waals surface area contributed by atoms with E-state index in [-0.39, 0.29) is 17.4 Å². The number of piperidine rings is 1. The lowest BCUT2D eigenvalue weighted by Gasteiger charge is -2.60. The van der Waals surface area contributed by atoms with Crippen LogP contribution in [0, 0.1) is 19.8 Å². The quantitative estimate of drug-likeness (QED) is 0.608. The lowest BCUT2D eigenvalue weighted by Crippen LogP contribution is -2.71. The van der Waals surface area contributed by atoms with Gasteiger partial charge in [0.25, 0.3) is 5.56 Å². The van der Waals surface area contributed by atoms with Gasteiger partial charge in [-0.25, -0.2) is 0 Å². The minimum Gasteiger partial charge on any atom is -0.504 e. The normalized spacial score (nSPS) is 31.4. The number of benzene rings is 1. The molecule has 7 nitrogen and oxygen atoms in total. The molecule has 4 atom stereocenters. The lowest BCUT2D eigenvalue weighted by atomic mass is 9.53. The zero-order valence-corrected chi connectivity index (χ0v) is 20.4. The number of phenols is 1. The number of aliphatic hydroxyl groups is 1. The van der Waals surface area contributed by atoms with Crippen molar-refractivity contribution < 1.29 is 14.9 Å². The SMILES string of the molecule is Cc1c([C@@H]2Oc3c(O)ccc4c3[C@@]23CCN(CC2CC2)[C@H](C4)[C@@]3(C)O)n2c(C)cccc2nc1=O. The Morgan fingerprint density at radius 3 is 2.77 bits per heavy atom. The van der Waals surface area contributed by atoms with Crippen LogP contribution in [0.15, 0.2) is 35.1 Å². The molecule has 35 heavy (non-hydrogen) atoms. The number of ether oxygens (including phenoxy) is 1. The molecule has 4 aliphatic rings. The second-order valence-electron chi connectivity index (χ2n) is 11.3. The van der Waals surface area contributed by atoms with E-state index in [1.807, 2.05) is 42.5 Å². The Bertz CT molecular complexity index is 1460. The van der Waals surface area contributed by atoms with Crippen LogP contribution in [0.25, 0.3) is 5.65 Å². The highest BCUT2D eigenvalue weighted by Gasteiger charge is 2.69. The number of hydrogen-bond donors (Lipinski definition) is 2. The summed E-state index contributed by atoms with van der Waals surface area (Å²) in [5.74, 6) is 1.26. The van der Waals surface area contributed by atoms with E-state index in [1.54, 1.807) is 13.0 Å². The molecule has 1 saturated heterocycles. The van der Waals surface area contributed by atoms with E-state index in [4.69, 9.17) is 4.74 Å². The third kappa shape index (κ3) is 2.63. The highest BCUT2D eigenvalue weighted by atomic mass is 16.5. The molecule has 4 heterocycles. The fraction of sp³-hybridized carbons (Fsp3) is 0.500. The van der Waals surface area contributed by atoms with Gasteiger partial charge in [-0.05, 0) is 82.7 Å². The number of aromatic nitrogens is 2. The summed E-state index contributed by atoms with van der Waals surface area (Å²) in [5.41, 5.74) is 2.58. The molecule has 1 saturated carbocycles. The highest BCUT2D eigenvalue weighted by molar-refractivity contribution is 5.63. The zero-order chi connectivity index (χ0) is 24.3. The highest BCUT2D eigenvalue weighted by Crippen LogP contribution is 2.66. The number of rotatable bonds is 3. The summed E-state index contributed by atoms with van der Waals surface area (Å²) < 4.78 is 8.67. The number of aryl methyl sites for hydroxylation is 1. The van der Waals surface area contributed by atoms with Gasteiger partial charge in [-0.15, -0.1) is 0 Å². The fourth-order valence-electron chi connectivity index (χ4n) is 7.36. The van der Waals surface area contributed by atoms with Crippen molar-refractivity contribution in [2.75, 3.05) is 13.1 Å². The molecule has 0 unspecified atom stereocenters. The van der Waals surface area contributed by atoms with E-state index in [0.29, 0.717) is 23.4 Å². The maximum absolute atomic E-state index is 13.1. The van der Waals surface area contributed by atoms with Gasteiger partial charge in [-0.2, -0.15) is 4.98 Å². The Hall–Kier alpha value is -2.90. The van der Waals surface area contributed by atoms with Crippen molar-refractivity contribution in [3.05, 3.63) is 68.8 Å². The van der Waals surface area contributed by atoms with Crippen molar-refractivity contribution in [2.45, 2.75) is 69.6 Å². The van der Waals surface area contributed by atoms with Crippen LogP contribution in [-0.2, 0) is 11.8 Å². The molecule has 0 radical (unpaired) electrons. The molecule has 182 valence electrons. The fourth-order valence-corrected chi connectivity index (χ4v) is 7.36. The van der Waals surface area contributed by atoms with Crippen LogP contribution in [-0.4, -0.2) is 49.2 Å². The Morgan fingerprint density at radius 1 is 1.20 bits per heavy atom. The van der Waals surface area contributed by atoms with Crippen LogP contribution in [0.4, 0.5) is 0 Å². The molecule has 0 amide bonds. The topological polar surface area (TPSA) is 87.3 Å². The average molecular weight is 474 g/mol. The van der Waals surface area contributed by atoms with Crippen molar-refractivity contribution in [1.82, 2.24) is 14.3 Å². The first-order valence-corrected chi connectivity index (χ1v) is 12.7. The first-order chi connectivity index (χ1) is 16.7. The zero-order valence-electron chi connectivity index (χ0n) is 20.4. The number of fused-ring (bicyclic) bond motifs is 2. The molecule has 1 spiro atoms. The molecule has 2 aliphatic carbocycles. The van der Waals surface area contributed by atoms with Gasteiger partial charge in [0.2, 0.25) is 0 Å². The Labute approximate surface area is 204 Å². The predicted octanol–water partition coefficient (Wildman–Crippen LogP) is 3.18. The first kappa shape index (κ1) is 21.4. The summed E-state index contributed by atoms with van der Waals surface area (Å²) in [6, 6.07) is 9.36. The maximum Gasteiger partial charge on any atom is 0.276 e. The second kappa shape index (κ2) is 6.86. The molecule has 2 aliphatic heterocycles. The largest absolute Gasteiger partial charge is 0.504 e. The van der Waals surface area contributed by atoms with Crippen molar-refractivity contribution in [1.29, 1.82) is 0 Å². The third-order valence-corrected chi connectivity index (χ3v) is 9.32. The Kier molecular flexibility index (Phi) is 4.19. The summed E-state index contributed by atoms with van der Waals surface area (Å²) in [5, 5.41) is 23.4. The van der Waals surface area contributed by atoms with Crippen molar-refractivity contribution in [3.63, 3.8) is 0 Å². The minimum absolute atomic E-state index is 0.0582. The summed E-state index contributed by atoms with van der Waals surface area (Å²) in [4.78, 5) is 19.8. The van der Waals surface area contributed by atoms with E-state index < -0.39 is 17.1 Å². The number of nitrogens with zero attached hydrogens (tertiary/aromatic N) is 3. The van der Waals surface area contributed by atoms with E-state index >= 15 is 0 Å². The number of pyridine rings is 1. The third-order valence-electron chi connectivity index (χ3n) is 9.32. The van der Waals surface area contributed by atoms with Gasteiger partial charge < -0.3 is 14.9 Å². The Morgan fingerprint density at radius 2 is 2.00 bits per heavy atom. The van der Waals surface area contributed by atoms with Gasteiger partial charge in [0.1, 0.15) is 5.65 Å². The maximum atomic E-state index is 13.1. The summed E-state index contributed by atoms with van der Waals surface area (Å²) in [6.45, 7) is 7.60. The van der Waals surface area contributed by atoms with E-state index in [0.717, 1.165) is 47.9 Å². The van der Waals surface area contributed by atoms with Gasteiger partial charge >= 0.3 is 0 Å². The average Bonchev–Trinajstić information content (AvgIpc) is 3.55. The minimum atomic E-state index is -1.12. The van der Waals surface area contributed by atoms with Gasteiger partial charge in [-0.1, -0.05) is 12.1 Å².